The Hall–Kier alpha value is -2.17. The molecule has 4 aliphatic rings. The zero-order chi connectivity index (χ0) is 14.2. The molecule has 2 bridgehead atoms. The molecule has 4 atom stereocenters. The molecule has 1 spiro atoms. The van der Waals surface area contributed by atoms with Crippen LogP contribution >= 0.6 is 0 Å². The van der Waals surface area contributed by atoms with E-state index in [0.717, 1.165) is 17.9 Å². The van der Waals surface area contributed by atoms with Crippen molar-refractivity contribution in [2.75, 3.05) is 0 Å². The number of furan rings is 1. The smallest absolute Gasteiger partial charge is 0.254 e. The molecule has 5 rings (SSSR count). The maximum Gasteiger partial charge on any atom is 0.254 e. The van der Waals surface area contributed by atoms with Gasteiger partial charge < -0.3 is 4.42 Å². The molecule has 3 aliphatic carbocycles. The first kappa shape index (κ1) is 11.5. The Balaban J connectivity index is 1.48. The second-order valence-corrected chi connectivity index (χ2v) is 6.47. The van der Waals surface area contributed by atoms with Gasteiger partial charge in [0.1, 0.15) is 5.76 Å². The van der Waals surface area contributed by atoms with Gasteiger partial charge in [0.15, 0.2) is 0 Å². The maximum absolute atomic E-state index is 12.6. The normalized spacial score (nSPS) is 38.2. The fraction of sp³-hybridized carbons (Fsp3) is 0.438. The summed E-state index contributed by atoms with van der Waals surface area (Å²) in [4.78, 5) is 25.2. The van der Waals surface area contributed by atoms with Crippen molar-refractivity contribution in [2.24, 2.45) is 34.2 Å². The topological polar surface area (TPSA) is 62.9 Å². The predicted octanol–water partition coefficient (Wildman–Crippen LogP) is 1.81. The molecular formula is C16H14N2O3. The summed E-state index contributed by atoms with van der Waals surface area (Å²) >= 11 is 0. The van der Waals surface area contributed by atoms with Gasteiger partial charge in [-0.2, -0.15) is 10.1 Å². The van der Waals surface area contributed by atoms with Gasteiger partial charge >= 0.3 is 0 Å². The fourth-order valence-corrected chi connectivity index (χ4v) is 4.66. The molecule has 2 amide bonds. The number of allylic oxidation sites excluding steroid dienone is 2. The molecule has 0 aromatic carbocycles. The van der Waals surface area contributed by atoms with Crippen LogP contribution in [-0.2, 0) is 9.59 Å². The molecule has 1 aromatic heterocycles. The standard InChI is InChI=1S/C16H14N2O3/c19-14-12-10-3-4-11(16(10)5-6-16)13(12)15(20)18(14)17-8-9-2-1-7-21-9/h1-4,7-8,10-13H,5-6H2/b17-8-/t10-,11-,12+,13+/m1/s1. The molecule has 3 fully saturated rings. The first-order chi connectivity index (χ1) is 10.2. The molecular weight excluding hydrogens is 268 g/mol. The van der Waals surface area contributed by atoms with Gasteiger partial charge in [-0.25, -0.2) is 0 Å². The van der Waals surface area contributed by atoms with E-state index in [-0.39, 0.29) is 40.9 Å². The van der Waals surface area contributed by atoms with Crippen LogP contribution in [0, 0.1) is 29.1 Å². The Labute approximate surface area is 121 Å². The molecule has 21 heavy (non-hydrogen) atoms. The van der Waals surface area contributed by atoms with E-state index in [9.17, 15) is 9.59 Å². The van der Waals surface area contributed by atoms with Gasteiger partial charge in [0.25, 0.3) is 11.8 Å². The van der Waals surface area contributed by atoms with Crippen LogP contribution in [-0.4, -0.2) is 23.0 Å². The van der Waals surface area contributed by atoms with Gasteiger partial charge in [0, 0.05) is 0 Å². The molecule has 5 nitrogen and oxygen atoms in total. The number of carbonyl (C=O) groups is 2. The molecule has 0 unspecified atom stereocenters. The van der Waals surface area contributed by atoms with E-state index in [1.165, 1.54) is 12.5 Å². The lowest BCUT2D eigenvalue weighted by Gasteiger charge is -2.18. The van der Waals surface area contributed by atoms with E-state index in [1.807, 2.05) is 0 Å². The Kier molecular flexibility index (Phi) is 1.93. The molecule has 1 aliphatic heterocycles. The van der Waals surface area contributed by atoms with Crippen molar-refractivity contribution in [3.8, 4) is 0 Å². The summed E-state index contributed by atoms with van der Waals surface area (Å²) in [6.45, 7) is 0. The third-order valence-corrected chi connectivity index (χ3v) is 5.67. The van der Waals surface area contributed by atoms with E-state index in [4.69, 9.17) is 4.42 Å². The maximum atomic E-state index is 12.6. The van der Waals surface area contributed by atoms with Crippen LogP contribution in [0.3, 0.4) is 0 Å². The van der Waals surface area contributed by atoms with Gasteiger partial charge in [0.05, 0.1) is 24.3 Å². The molecule has 0 radical (unpaired) electrons. The van der Waals surface area contributed by atoms with Crippen LogP contribution in [0.1, 0.15) is 18.6 Å². The summed E-state index contributed by atoms with van der Waals surface area (Å²) < 4.78 is 5.14. The van der Waals surface area contributed by atoms with Crippen molar-refractivity contribution in [2.45, 2.75) is 12.8 Å². The number of rotatable bonds is 2. The largest absolute Gasteiger partial charge is 0.463 e. The fourth-order valence-electron chi connectivity index (χ4n) is 4.66. The number of amides is 2. The van der Waals surface area contributed by atoms with Crippen LogP contribution in [0.15, 0.2) is 40.1 Å². The van der Waals surface area contributed by atoms with Crippen LogP contribution in [0.2, 0.25) is 0 Å². The van der Waals surface area contributed by atoms with Crippen LogP contribution in [0.25, 0.3) is 0 Å². The zero-order valence-corrected chi connectivity index (χ0v) is 11.3. The van der Waals surface area contributed by atoms with Gasteiger partial charge in [-0.05, 0) is 42.2 Å². The van der Waals surface area contributed by atoms with E-state index in [0.29, 0.717) is 5.76 Å². The third-order valence-electron chi connectivity index (χ3n) is 5.67. The quantitative estimate of drug-likeness (QED) is 0.472. The lowest BCUT2D eigenvalue weighted by Crippen LogP contribution is -2.30. The summed E-state index contributed by atoms with van der Waals surface area (Å²) in [5, 5.41) is 5.12. The average molecular weight is 282 g/mol. The predicted molar refractivity (Wildman–Crippen MR) is 72.9 cm³/mol. The third kappa shape index (κ3) is 1.25. The van der Waals surface area contributed by atoms with Gasteiger partial charge in [-0.1, -0.05) is 12.2 Å². The lowest BCUT2D eigenvalue weighted by atomic mass is 9.85. The number of imide groups is 1. The second-order valence-electron chi connectivity index (χ2n) is 6.47. The number of hydrazone groups is 1. The Morgan fingerprint density at radius 2 is 1.86 bits per heavy atom. The van der Waals surface area contributed by atoms with Crippen molar-refractivity contribution >= 4 is 18.0 Å². The van der Waals surface area contributed by atoms with E-state index >= 15 is 0 Å². The molecule has 106 valence electrons. The summed E-state index contributed by atoms with van der Waals surface area (Å²) in [6.07, 6.45) is 9.58. The number of hydrogen-bond acceptors (Lipinski definition) is 4. The van der Waals surface area contributed by atoms with Crippen molar-refractivity contribution in [1.82, 2.24) is 5.01 Å². The highest BCUT2D eigenvalue weighted by atomic mass is 16.3. The van der Waals surface area contributed by atoms with Crippen molar-refractivity contribution in [3.63, 3.8) is 0 Å². The first-order valence-electron chi connectivity index (χ1n) is 7.36. The van der Waals surface area contributed by atoms with E-state index in [2.05, 4.69) is 17.3 Å². The summed E-state index contributed by atoms with van der Waals surface area (Å²) in [6, 6.07) is 3.48. The van der Waals surface area contributed by atoms with Gasteiger partial charge in [-0.3, -0.25) is 9.59 Å². The monoisotopic (exact) mass is 282 g/mol. The van der Waals surface area contributed by atoms with Crippen LogP contribution in [0.5, 0.6) is 0 Å². The number of hydrogen-bond donors (Lipinski definition) is 0. The summed E-state index contributed by atoms with van der Waals surface area (Å²) in [7, 11) is 0. The summed E-state index contributed by atoms with van der Waals surface area (Å²) in [5.74, 6) is 0.354. The molecule has 1 aromatic rings. The van der Waals surface area contributed by atoms with E-state index < -0.39 is 0 Å². The Morgan fingerprint density at radius 1 is 1.19 bits per heavy atom. The number of carbonyl (C=O) groups excluding carboxylic acids is 2. The van der Waals surface area contributed by atoms with Crippen LogP contribution in [0.4, 0.5) is 0 Å². The van der Waals surface area contributed by atoms with Crippen molar-refractivity contribution in [1.29, 1.82) is 0 Å². The molecule has 2 saturated carbocycles. The molecule has 5 heteroatoms. The Morgan fingerprint density at radius 3 is 2.38 bits per heavy atom. The van der Waals surface area contributed by atoms with E-state index in [1.54, 1.807) is 12.1 Å². The van der Waals surface area contributed by atoms with Crippen molar-refractivity contribution < 1.29 is 14.0 Å². The average Bonchev–Trinajstić information content (AvgIpc) is 2.77. The minimum absolute atomic E-state index is 0.143. The lowest BCUT2D eigenvalue weighted by molar-refractivity contribution is -0.141. The summed E-state index contributed by atoms with van der Waals surface area (Å²) in [5.41, 5.74) is 0.234. The highest BCUT2D eigenvalue weighted by molar-refractivity contribution is 6.07. The molecule has 2 heterocycles. The van der Waals surface area contributed by atoms with Gasteiger partial charge in [-0.15, -0.1) is 0 Å². The van der Waals surface area contributed by atoms with Crippen molar-refractivity contribution in [3.05, 3.63) is 36.3 Å². The highest BCUT2D eigenvalue weighted by Crippen LogP contribution is 2.73. The number of fused-ring (bicyclic) bond motifs is 3. The first-order valence-corrected chi connectivity index (χ1v) is 7.36. The van der Waals surface area contributed by atoms with Crippen LogP contribution < -0.4 is 0 Å². The minimum atomic E-state index is -0.191. The second kappa shape index (κ2) is 3.53. The number of nitrogens with zero attached hydrogens (tertiary/aromatic N) is 2. The SMILES string of the molecule is O=C1[C@@H]2[C@@H](C(=O)N1/N=C\c1ccco1)[C@H]1C=C[C@H]2C12CC2. The Bertz CT molecular complexity index is 665. The molecule has 0 N–H and O–H groups in total. The highest BCUT2D eigenvalue weighted by Gasteiger charge is 2.73. The van der Waals surface area contributed by atoms with Gasteiger partial charge in [0.2, 0.25) is 0 Å². The zero-order valence-electron chi connectivity index (χ0n) is 11.3. The minimum Gasteiger partial charge on any atom is -0.463 e. The molecule has 1 saturated heterocycles.